The van der Waals surface area contributed by atoms with E-state index in [1.54, 1.807) is 12.1 Å². The minimum Gasteiger partial charge on any atom is -0.508 e. The van der Waals surface area contributed by atoms with Gasteiger partial charge in [-0.2, -0.15) is 4.98 Å². The Kier molecular flexibility index (Phi) is 2.78. The normalized spacial score (nSPS) is 16.7. The number of rotatable bonds is 4. The molecule has 0 spiro atoms. The number of aromatic hydroxyl groups is 1. The summed E-state index contributed by atoms with van der Waals surface area (Å²) in [5.74, 6) is 2.88. The summed E-state index contributed by atoms with van der Waals surface area (Å²) >= 11 is 0. The molecule has 1 N–H and O–H groups in total. The lowest BCUT2D eigenvalue weighted by molar-refractivity contribution is 0.374. The molecule has 0 saturated heterocycles. The molecule has 0 bridgehead atoms. The van der Waals surface area contributed by atoms with Crippen molar-refractivity contribution < 1.29 is 9.63 Å². The summed E-state index contributed by atoms with van der Waals surface area (Å²) in [6.45, 7) is 2.16. The molecule has 4 nitrogen and oxygen atoms in total. The first-order chi connectivity index (χ1) is 8.72. The summed E-state index contributed by atoms with van der Waals surface area (Å²) in [5.41, 5.74) is 1.06. The van der Waals surface area contributed by atoms with E-state index in [0.717, 1.165) is 17.3 Å². The fourth-order valence-electron chi connectivity index (χ4n) is 2.12. The molecule has 3 rings (SSSR count). The molecular formula is C14H16N2O2. The fourth-order valence-corrected chi connectivity index (χ4v) is 2.12. The number of hydrogen-bond acceptors (Lipinski definition) is 4. The minimum atomic E-state index is 0.271. The Morgan fingerprint density at radius 3 is 2.72 bits per heavy atom. The predicted octanol–water partition coefficient (Wildman–Crippen LogP) is 2.88. The molecule has 1 saturated carbocycles. The maximum absolute atomic E-state index is 9.22. The average molecular weight is 244 g/mol. The molecular weight excluding hydrogens is 228 g/mol. The maximum atomic E-state index is 9.22. The SMILES string of the molecule is C[C@H](c1noc(Cc2ccc(O)cc2)n1)C1CC1. The van der Waals surface area contributed by atoms with Gasteiger partial charge in [-0.05, 0) is 36.5 Å². The monoisotopic (exact) mass is 244 g/mol. The van der Waals surface area contributed by atoms with Crippen LogP contribution in [-0.4, -0.2) is 15.2 Å². The molecule has 1 aliphatic rings. The van der Waals surface area contributed by atoms with Gasteiger partial charge in [0.1, 0.15) is 5.75 Å². The molecule has 18 heavy (non-hydrogen) atoms. The third kappa shape index (κ3) is 2.37. The van der Waals surface area contributed by atoms with E-state index in [1.807, 2.05) is 12.1 Å². The number of nitrogens with zero attached hydrogens (tertiary/aromatic N) is 2. The molecule has 1 heterocycles. The Labute approximate surface area is 106 Å². The molecule has 0 unspecified atom stereocenters. The number of phenolic OH excluding ortho intramolecular Hbond substituents is 1. The Morgan fingerprint density at radius 2 is 2.06 bits per heavy atom. The van der Waals surface area contributed by atoms with E-state index in [1.165, 1.54) is 12.8 Å². The van der Waals surface area contributed by atoms with Gasteiger partial charge < -0.3 is 9.63 Å². The van der Waals surface area contributed by atoms with Crippen molar-refractivity contribution in [2.75, 3.05) is 0 Å². The van der Waals surface area contributed by atoms with Gasteiger partial charge in [0.25, 0.3) is 0 Å². The summed E-state index contributed by atoms with van der Waals surface area (Å²) in [5, 5.41) is 13.3. The van der Waals surface area contributed by atoms with Crippen LogP contribution in [0.1, 0.15) is 43.0 Å². The van der Waals surface area contributed by atoms with Gasteiger partial charge in [0.05, 0.1) is 6.42 Å². The van der Waals surface area contributed by atoms with E-state index in [0.29, 0.717) is 18.2 Å². The van der Waals surface area contributed by atoms with E-state index >= 15 is 0 Å². The molecule has 1 atom stereocenters. The quantitative estimate of drug-likeness (QED) is 0.898. The van der Waals surface area contributed by atoms with Gasteiger partial charge >= 0.3 is 0 Å². The number of phenols is 1. The standard InChI is InChI=1S/C14H16N2O2/c1-9(11-4-5-11)14-15-13(18-16-14)8-10-2-6-12(17)7-3-10/h2-3,6-7,9,11,17H,4-5,8H2,1H3/t9-/m0/s1. The highest BCUT2D eigenvalue weighted by molar-refractivity contribution is 5.27. The average Bonchev–Trinajstić information content (AvgIpc) is 3.12. The molecule has 1 aromatic heterocycles. The van der Waals surface area contributed by atoms with Crippen molar-refractivity contribution in [3.8, 4) is 5.75 Å². The van der Waals surface area contributed by atoms with Crippen LogP contribution in [0.4, 0.5) is 0 Å². The highest BCUT2D eigenvalue weighted by Gasteiger charge is 2.31. The van der Waals surface area contributed by atoms with Crippen molar-refractivity contribution in [3.63, 3.8) is 0 Å². The van der Waals surface area contributed by atoms with Crippen LogP contribution >= 0.6 is 0 Å². The number of aromatic nitrogens is 2. The van der Waals surface area contributed by atoms with E-state index in [9.17, 15) is 5.11 Å². The lowest BCUT2D eigenvalue weighted by Gasteiger charge is -2.01. The topological polar surface area (TPSA) is 59.2 Å². The van der Waals surface area contributed by atoms with Crippen LogP contribution in [0.2, 0.25) is 0 Å². The third-order valence-corrected chi connectivity index (χ3v) is 3.51. The fraction of sp³-hybridized carbons (Fsp3) is 0.429. The zero-order valence-corrected chi connectivity index (χ0v) is 10.3. The molecule has 0 amide bonds. The molecule has 0 aliphatic heterocycles. The van der Waals surface area contributed by atoms with E-state index in [-0.39, 0.29) is 5.75 Å². The summed E-state index contributed by atoms with van der Waals surface area (Å²) in [7, 11) is 0. The second kappa shape index (κ2) is 4.44. The Balaban J connectivity index is 1.71. The first-order valence-corrected chi connectivity index (χ1v) is 6.33. The number of benzene rings is 1. The number of hydrogen-bond donors (Lipinski definition) is 1. The minimum absolute atomic E-state index is 0.271. The zero-order valence-electron chi connectivity index (χ0n) is 10.3. The van der Waals surface area contributed by atoms with Crippen LogP contribution in [-0.2, 0) is 6.42 Å². The molecule has 2 aromatic rings. The lowest BCUT2D eigenvalue weighted by Crippen LogP contribution is -1.98. The first-order valence-electron chi connectivity index (χ1n) is 6.33. The van der Waals surface area contributed by atoms with Crippen molar-refractivity contribution in [3.05, 3.63) is 41.5 Å². The van der Waals surface area contributed by atoms with E-state index < -0.39 is 0 Å². The van der Waals surface area contributed by atoms with Gasteiger partial charge in [-0.15, -0.1) is 0 Å². The first kappa shape index (κ1) is 11.3. The second-order valence-electron chi connectivity index (χ2n) is 5.02. The van der Waals surface area contributed by atoms with E-state index in [2.05, 4.69) is 17.1 Å². The molecule has 1 fully saturated rings. The van der Waals surface area contributed by atoms with Crippen LogP contribution < -0.4 is 0 Å². The van der Waals surface area contributed by atoms with Gasteiger partial charge in [-0.1, -0.05) is 24.2 Å². The van der Waals surface area contributed by atoms with Crippen LogP contribution in [0.3, 0.4) is 0 Å². The molecule has 1 aliphatic carbocycles. The van der Waals surface area contributed by atoms with Crippen LogP contribution in [0.5, 0.6) is 5.75 Å². The second-order valence-corrected chi connectivity index (χ2v) is 5.02. The van der Waals surface area contributed by atoms with Crippen molar-refractivity contribution >= 4 is 0 Å². The van der Waals surface area contributed by atoms with Crippen molar-refractivity contribution in [2.24, 2.45) is 5.92 Å². The lowest BCUT2D eigenvalue weighted by atomic mass is 10.1. The van der Waals surface area contributed by atoms with Crippen LogP contribution in [0.25, 0.3) is 0 Å². The zero-order chi connectivity index (χ0) is 12.5. The summed E-state index contributed by atoms with van der Waals surface area (Å²) < 4.78 is 5.27. The van der Waals surface area contributed by atoms with Gasteiger partial charge in [-0.25, -0.2) is 0 Å². The van der Waals surface area contributed by atoms with Gasteiger partial charge in [0.2, 0.25) is 5.89 Å². The summed E-state index contributed by atoms with van der Waals surface area (Å²) in [6, 6.07) is 7.06. The third-order valence-electron chi connectivity index (χ3n) is 3.51. The van der Waals surface area contributed by atoms with Gasteiger partial charge in [-0.3, -0.25) is 0 Å². The Morgan fingerprint density at radius 1 is 1.33 bits per heavy atom. The molecule has 94 valence electrons. The van der Waals surface area contributed by atoms with Gasteiger partial charge in [0, 0.05) is 5.92 Å². The summed E-state index contributed by atoms with van der Waals surface area (Å²) in [6.07, 6.45) is 3.18. The van der Waals surface area contributed by atoms with Crippen LogP contribution in [0.15, 0.2) is 28.8 Å². The van der Waals surface area contributed by atoms with Crippen molar-refractivity contribution in [1.29, 1.82) is 0 Å². The van der Waals surface area contributed by atoms with Gasteiger partial charge in [0.15, 0.2) is 5.82 Å². The predicted molar refractivity (Wildman–Crippen MR) is 66.3 cm³/mol. The largest absolute Gasteiger partial charge is 0.508 e. The van der Waals surface area contributed by atoms with E-state index in [4.69, 9.17) is 4.52 Å². The van der Waals surface area contributed by atoms with Crippen LogP contribution in [0, 0.1) is 5.92 Å². The summed E-state index contributed by atoms with van der Waals surface area (Å²) in [4.78, 5) is 4.45. The Bertz CT molecular complexity index is 529. The highest BCUT2D eigenvalue weighted by atomic mass is 16.5. The van der Waals surface area contributed by atoms with Crippen molar-refractivity contribution in [2.45, 2.75) is 32.1 Å². The Hall–Kier alpha value is -1.84. The molecule has 0 radical (unpaired) electrons. The molecule has 4 heteroatoms. The smallest absolute Gasteiger partial charge is 0.231 e. The highest BCUT2D eigenvalue weighted by Crippen LogP contribution is 2.41. The molecule has 1 aromatic carbocycles. The maximum Gasteiger partial charge on any atom is 0.231 e. The van der Waals surface area contributed by atoms with Crippen molar-refractivity contribution in [1.82, 2.24) is 10.1 Å².